The summed E-state index contributed by atoms with van der Waals surface area (Å²) >= 11 is 0. The summed E-state index contributed by atoms with van der Waals surface area (Å²) < 4.78 is 22.6. The number of hydrogen-bond acceptors (Lipinski definition) is 6. The van der Waals surface area contributed by atoms with E-state index < -0.39 is 0 Å². The maximum atomic E-state index is 9.90. The molecule has 3 rings (SSSR count). The molecule has 0 saturated carbocycles. The first-order chi connectivity index (χ1) is 13.6. The number of methoxy groups -OCH3 is 1. The molecule has 1 fully saturated rings. The third-order valence-corrected chi connectivity index (χ3v) is 4.79. The molecule has 0 spiro atoms. The van der Waals surface area contributed by atoms with Crippen molar-refractivity contribution >= 4 is 7.12 Å². The highest BCUT2D eigenvalue weighted by Gasteiger charge is 2.32. The van der Waals surface area contributed by atoms with E-state index in [-0.39, 0.29) is 25.7 Å². The molecule has 150 valence electrons. The predicted molar refractivity (Wildman–Crippen MR) is 109 cm³/mol. The number of pyridine rings is 1. The van der Waals surface area contributed by atoms with Gasteiger partial charge < -0.3 is 23.9 Å². The van der Waals surface area contributed by atoms with Crippen molar-refractivity contribution in [2.24, 2.45) is 0 Å². The highest BCUT2D eigenvalue weighted by molar-refractivity contribution is 6.45. The SMILES string of the molecule is CCCOc1cc(-c2cncc(C(CO)CB3OC[C@H](C)O3)c2)ccc1OC. The lowest BCUT2D eigenvalue weighted by Crippen LogP contribution is -2.20. The summed E-state index contributed by atoms with van der Waals surface area (Å²) in [5, 5.41) is 9.90. The van der Waals surface area contributed by atoms with Crippen LogP contribution < -0.4 is 9.47 Å². The first-order valence-corrected chi connectivity index (χ1v) is 9.78. The van der Waals surface area contributed by atoms with Crippen LogP contribution in [-0.4, -0.2) is 50.2 Å². The van der Waals surface area contributed by atoms with Gasteiger partial charge in [-0.1, -0.05) is 13.0 Å². The van der Waals surface area contributed by atoms with Gasteiger partial charge in [0.15, 0.2) is 11.5 Å². The van der Waals surface area contributed by atoms with E-state index in [2.05, 4.69) is 18.0 Å². The van der Waals surface area contributed by atoms with Gasteiger partial charge in [-0.15, -0.1) is 0 Å². The largest absolute Gasteiger partial charge is 0.493 e. The second-order valence-electron chi connectivity index (χ2n) is 7.05. The van der Waals surface area contributed by atoms with E-state index in [0.29, 0.717) is 31.0 Å². The van der Waals surface area contributed by atoms with E-state index in [4.69, 9.17) is 18.8 Å². The van der Waals surface area contributed by atoms with Gasteiger partial charge in [0.25, 0.3) is 0 Å². The maximum Gasteiger partial charge on any atom is 0.457 e. The molecular formula is C21H28BNO5. The van der Waals surface area contributed by atoms with E-state index in [1.807, 2.05) is 31.3 Å². The van der Waals surface area contributed by atoms with Crippen LogP contribution in [0.3, 0.4) is 0 Å². The van der Waals surface area contributed by atoms with Crippen molar-refractivity contribution in [3.05, 3.63) is 42.2 Å². The van der Waals surface area contributed by atoms with E-state index in [1.54, 1.807) is 13.3 Å². The van der Waals surface area contributed by atoms with Crippen LogP contribution in [0.4, 0.5) is 0 Å². The molecule has 1 aliphatic rings. The molecule has 2 heterocycles. The Kier molecular flexibility index (Phi) is 7.31. The Bertz CT molecular complexity index is 772. The number of aliphatic hydroxyl groups is 1. The zero-order valence-corrected chi connectivity index (χ0v) is 16.8. The molecule has 0 radical (unpaired) electrons. The zero-order valence-electron chi connectivity index (χ0n) is 16.8. The van der Waals surface area contributed by atoms with Gasteiger partial charge in [-0.3, -0.25) is 4.98 Å². The van der Waals surface area contributed by atoms with E-state index in [9.17, 15) is 5.11 Å². The molecule has 2 atom stereocenters. The van der Waals surface area contributed by atoms with Crippen molar-refractivity contribution in [3.8, 4) is 22.6 Å². The molecular weight excluding hydrogens is 357 g/mol. The minimum atomic E-state index is -0.286. The number of aromatic nitrogens is 1. The molecule has 28 heavy (non-hydrogen) atoms. The van der Waals surface area contributed by atoms with Crippen LogP contribution in [-0.2, 0) is 9.31 Å². The van der Waals surface area contributed by atoms with Crippen molar-refractivity contribution in [1.82, 2.24) is 4.98 Å². The molecule has 0 bridgehead atoms. The predicted octanol–water partition coefficient (Wildman–Crippen LogP) is 3.55. The van der Waals surface area contributed by atoms with Crippen molar-refractivity contribution in [2.75, 3.05) is 26.9 Å². The number of benzene rings is 1. The number of ether oxygens (including phenoxy) is 2. The summed E-state index contributed by atoms with van der Waals surface area (Å²) in [4.78, 5) is 4.39. The topological polar surface area (TPSA) is 70.0 Å². The lowest BCUT2D eigenvalue weighted by molar-refractivity contribution is 0.249. The lowest BCUT2D eigenvalue weighted by atomic mass is 9.75. The van der Waals surface area contributed by atoms with Crippen molar-refractivity contribution < 1.29 is 23.9 Å². The van der Waals surface area contributed by atoms with Crippen LogP contribution in [0, 0.1) is 0 Å². The summed E-state index contributed by atoms with van der Waals surface area (Å²) in [6.45, 7) is 5.28. The Balaban J connectivity index is 1.81. The monoisotopic (exact) mass is 385 g/mol. The smallest absolute Gasteiger partial charge is 0.457 e. The molecule has 0 amide bonds. The van der Waals surface area contributed by atoms with Crippen LogP contribution in [0.25, 0.3) is 11.1 Å². The Hall–Kier alpha value is -2.09. The van der Waals surface area contributed by atoms with Crippen molar-refractivity contribution in [3.63, 3.8) is 0 Å². The van der Waals surface area contributed by atoms with Crippen LogP contribution in [0.15, 0.2) is 36.7 Å². The Morgan fingerprint density at radius 3 is 2.79 bits per heavy atom. The summed E-state index contributed by atoms with van der Waals surface area (Å²) in [7, 11) is 1.35. The standard InChI is InChI=1S/C21H28BNO5/c1-4-7-26-21-9-16(5-6-20(21)25-3)17-8-18(12-23-11-17)19(13-24)10-22-27-14-15(2)28-22/h5-6,8-9,11-12,15,19,24H,4,7,10,13-14H2,1-3H3/t15-,19?/m0/s1. The second-order valence-corrected chi connectivity index (χ2v) is 7.05. The van der Waals surface area contributed by atoms with Gasteiger partial charge in [0.1, 0.15) is 0 Å². The Morgan fingerprint density at radius 1 is 1.25 bits per heavy atom. The quantitative estimate of drug-likeness (QED) is 0.666. The van der Waals surface area contributed by atoms with E-state index >= 15 is 0 Å². The minimum absolute atomic E-state index is 0.0101. The van der Waals surface area contributed by atoms with Crippen molar-refractivity contribution in [1.29, 1.82) is 0 Å². The summed E-state index contributed by atoms with van der Waals surface area (Å²) in [6, 6.07) is 7.90. The molecule has 1 aliphatic heterocycles. The normalized spacial score (nSPS) is 17.6. The molecule has 6 nitrogen and oxygen atoms in total. The fraction of sp³-hybridized carbons (Fsp3) is 0.476. The molecule has 7 heteroatoms. The average molecular weight is 385 g/mol. The molecule has 1 unspecified atom stereocenters. The summed E-state index contributed by atoms with van der Waals surface area (Å²) in [6.07, 6.45) is 5.22. The summed E-state index contributed by atoms with van der Waals surface area (Å²) in [5.74, 6) is 1.32. The van der Waals surface area contributed by atoms with Gasteiger partial charge in [-0.25, -0.2) is 0 Å². The minimum Gasteiger partial charge on any atom is -0.493 e. The fourth-order valence-corrected chi connectivity index (χ4v) is 3.27. The van der Waals surface area contributed by atoms with Crippen LogP contribution in [0.5, 0.6) is 11.5 Å². The lowest BCUT2D eigenvalue weighted by Gasteiger charge is -2.17. The first kappa shape index (κ1) is 20.6. The molecule has 1 aromatic heterocycles. The van der Waals surface area contributed by atoms with Gasteiger partial charge in [0.2, 0.25) is 0 Å². The maximum absolute atomic E-state index is 9.90. The number of hydrogen-bond donors (Lipinski definition) is 1. The molecule has 1 aromatic carbocycles. The van der Waals surface area contributed by atoms with Crippen LogP contribution in [0.2, 0.25) is 6.32 Å². The van der Waals surface area contributed by atoms with E-state index in [0.717, 1.165) is 23.1 Å². The third-order valence-electron chi connectivity index (χ3n) is 4.79. The van der Waals surface area contributed by atoms with E-state index in [1.165, 1.54) is 0 Å². The van der Waals surface area contributed by atoms with Crippen molar-refractivity contribution in [2.45, 2.75) is 38.6 Å². The fourth-order valence-electron chi connectivity index (χ4n) is 3.27. The molecule has 1 N–H and O–H groups in total. The highest BCUT2D eigenvalue weighted by atomic mass is 16.6. The van der Waals surface area contributed by atoms with Gasteiger partial charge in [-0.05, 0) is 49.0 Å². The number of nitrogens with zero attached hydrogens (tertiary/aromatic N) is 1. The number of aliphatic hydroxyl groups excluding tert-OH is 1. The van der Waals surface area contributed by atoms with Gasteiger partial charge >= 0.3 is 7.12 Å². The second kappa shape index (κ2) is 9.91. The van der Waals surface area contributed by atoms with Gasteiger partial charge in [0, 0.05) is 30.5 Å². The van der Waals surface area contributed by atoms with Crippen LogP contribution in [0.1, 0.15) is 31.7 Å². The first-order valence-electron chi connectivity index (χ1n) is 9.78. The Morgan fingerprint density at radius 2 is 2.11 bits per heavy atom. The summed E-state index contributed by atoms with van der Waals surface area (Å²) in [5.41, 5.74) is 2.90. The van der Waals surface area contributed by atoms with Gasteiger partial charge in [-0.2, -0.15) is 0 Å². The molecule has 2 aromatic rings. The van der Waals surface area contributed by atoms with Gasteiger partial charge in [0.05, 0.1) is 26.4 Å². The van der Waals surface area contributed by atoms with Crippen LogP contribution >= 0.6 is 0 Å². The highest BCUT2D eigenvalue weighted by Crippen LogP contribution is 2.34. The average Bonchev–Trinajstić information content (AvgIpc) is 3.15. The number of rotatable bonds is 9. The molecule has 0 aliphatic carbocycles. The zero-order chi connectivity index (χ0) is 19.9. The Labute approximate surface area is 166 Å². The third kappa shape index (κ3) is 5.04. The molecule has 1 saturated heterocycles.